The molecule has 0 aliphatic rings. The Hall–Kier alpha value is -1.75. The monoisotopic (exact) mass is 234 g/mol. The van der Waals surface area contributed by atoms with Gasteiger partial charge in [0.05, 0.1) is 4.90 Å². The van der Waals surface area contributed by atoms with Crippen LogP contribution in [-0.2, 0) is 9.84 Å². The third-order valence-electron chi connectivity index (χ3n) is 2.11. The Morgan fingerprint density at radius 2 is 1.56 bits per heavy atom. The van der Waals surface area contributed by atoms with Gasteiger partial charge in [-0.05, 0) is 25.1 Å². The number of benzene rings is 1. The summed E-state index contributed by atoms with van der Waals surface area (Å²) in [5.41, 5.74) is 1.01. The second kappa shape index (κ2) is 4.02. The molecule has 0 bridgehead atoms. The number of nitrogens with zero attached hydrogens (tertiary/aromatic N) is 2. The molecule has 2 rings (SSSR count). The molecule has 4 nitrogen and oxygen atoms in total. The lowest BCUT2D eigenvalue weighted by molar-refractivity contribution is 0.587. The smallest absolute Gasteiger partial charge is 0.227 e. The molecule has 0 saturated carbocycles. The van der Waals surface area contributed by atoms with Gasteiger partial charge in [0.1, 0.15) is 0 Å². The molecule has 0 saturated heterocycles. The molecule has 16 heavy (non-hydrogen) atoms. The minimum atomic E-state index is -3.58. The molecule has 0 atom stereocenters. The SMILES string of the molecule is Cc1ccc(S(=O)(=O)c2ncccn2)cc1. The average Bonchev–Trinajstić information content (AvgIpc) is 2.31. The highest BCUT2D eigenvalue weighted by Crippen LogP contribution is 2.16. The summed E-state index contributed by atoms with van der Waals surface area (Å²) in [6, 6.07) is 8.18. The van der Waals surface area contributed by atoms with Crippen molar-refractivity contribution in [3.05, 3.63) is 48.3 Å². The first-order valence-electron chi connectivity index (χ1n) is 4.69. The quantitative estimate of drug-likeness (QED) is 0.741. The normalized spacial score (nSPS) is 11.3. The lowest BCUT2D eigenvalue weighted by atomic mass is 10.2. The van der Waals surface area contributed by atoms with Crippen LogP contribution in [0.4, 0.5) is 0 Å². The molecule has 1 aromatic heterocycles. The van der Waals surface area contributed by atoms with Crippen molar-refractivity contribution in [1.29, 1.82) is 0 Å². The summed E-state index contributed by atoms with van der Waals surface area (Å²) >= 11 is 0. The first kappa shape index (κ1) is 10.8. The molecule has 0 aliphatic heterocycles. The van der Waals surface area contributed by atoms with Gasteiger partial charge in [-0.15, -0.1) is 0 Å². The Morgan fingerprint density at radius 1 is 1.00 bits per heavy atom. The van der Waals surface area contributed by atoms with Crippen molar-refractivity contribution < 1.29 is 8.42 Å². The molecule has 0 fully saturated rings. The Bertz CT molecular complexity index is 577. The zero-order valence-corrected chi connectivity index (χ0v) is 9.48. The zero-order valence-electron chi connectivity index (χ0n) is 8.66. The van der Waals surface area contributed by atoms with Gasteiger partial charge < -0.3 is 0 Å². The lowest BCUT2D eigenvalue weighted by Gasteiger charge is -2.02. The van der Waals surface area contributed by atoms with Gasteiger partial charge in [-0.3, -0.25) is 0 Å². The van der Waals surface area contributed by atoms with E-state index in [9.17, 15) is 8.42 Å². The van der Waals surface area contributed by atoms with E-state index in [1.54, 1.807) is 30.3 Å². The van der Waals surface area contributed by atoms with E-state index in [0.29, 0.717) is 0 Å². The average molecular weight is 234 g/mol. The van der Waals surface area contributed by atoms with Crippen LogP contribution < -0.4 is 0 Å². The van der Waals surface area contributed by atoms with Crippen molar-refractivity contribution in [2.75, 3.05) is 0 Å². The summed E-state index contributed by atoms with van der Waals surface area (Å²) in [5.74, 6) is 0. The van der Waals surface area contributed by atoms with E-state index >= 15 is 0 Å². The topological polar surface area (TPSA) is 59.9 Å². The van der Waals surface area contributed by atoms with E-state index < -0.39 is 9.84 Å². The molecular formula is C11H10N2O2S. The zero-order chi connectivity index (χ0) is 11.6. The third kappa shape index (κ3) is 1.94. The van der Waals surface area contributed by atoms with Gasteiger partial charge in [0, 0.05) is 12.4 Å². The third-order valence-corrected chi connectivity index (χ3v) is 3.70. The van der Waals surface area contributed by atoms with E-state index in [1.807, 2.05) is 6.92 Å². The molecule has 0 N–H and O–H groups in total. The first-order valence-corrected chi connectivity index (χ1v) is 6.18. The molecule has 1 aromatic carbocycles. The summed E-state index contributed by atoms with van der Waals surface area (Å²) in [6.07, 6.45) is 2.82. The van der Waals surface area contributed by atoms with Crippen molar-refractivity contribution in [2.24, 2.45) is 0 Å². The van der Waals surface area contributed by atoms with Gasteiger partial charge in [-0.25, -0.2) is 18.4 Å². The Balaban J connectivity index is 2.52. The summed E-state index contributed by atoms with van der Waals surface area (Å²) in [5, 5.41) is -0.168. The van der Waals surface area contributed by atoms with Crippen LogP contribution in [0.2, 0.25) is 0 Å². The molecule has 0 aliphatic carbocycles. The van der Waals surface area contributed by atoms with Crippen molar-refractivity contribution in [2.45, 2.75) is 17.0 Å². The van der Waals surface area contributed by atoms with Crippen molar-refractivity contribution in [3.63, 3.8) is 0 Å². The Labute approximate surface area is 93.9 Å². The predicted octanol–water partition coefficient (Wildman–Crippen LogP) is 1.62. The number of hydrogen-bond acceptors (Lipinski definition) is 4. The van der Waals surface area contributed by atoms with Crippen LogP contribution in [0, 0.1) is 6.92 Å². The molecule has 82 valence electrons. The van der Waals surface area contributed by atoms with Gasteiger partial charge in [-0.1, -0.05) is 17.7 Å². The van der Waals surface area contributed by atoms with Gasteiger partial charge in [0.25, 0.3) is 5.16 Å². The molecule has 5 heteroatoms. The van der Waals surface area contributed by atoms with Crippen LogP contribution >= 0.6 is 0 Å². The van der Waals surface area contributed by atoms with E-state index in [1.165, 1.54) is 12.4 Å². The van der Waals surface area contributed by atoms with E-state index in [0.717, 1.165) is 5.56 Å². The summed E-state index contributed by atoms with van der Waals surface area (Å²) in [4.78, 5) is 7.71. The van der Waals surface area contributed by atoms with Crippen molar-refractivity contribution >= 4 is 9.84 Å². The number of sulfone groups is 1. The Kier molecular flexibility index (Phi) is 2.70. The summed E-state index contributed by atoms with van der Waals surface area (Å²) < 4.78 is 24.0. The second-order valence-electron chi connectivity index (χ2n) is 3.35. The fourth-order valence-corrected chi connectivity index (χ4v) is 2.35. The van der Waals surface area contributed by atoms with Crippen LogP contribution in [0.1, 0.15) is 5.56 Å². The van der Waals surface area contributed by atoms with Crippen molar-refractivity contribution in [1.82, 2.24) is 9.97 Å². The number of aryl methyl sites for hydroxylation is 1. The molecule has 2 aromatic rings. The van der Waals surface area contributed by atoms with Crippen LogP contribution in [0.25, 0.3) is 0 Å². The van der Waals surface area contributed by atoms with Gasteiger partial charge in [0.2, 0.25) is 9.84 Å². The fraction of sp³-hybridized carbons (Fsp3) is 0.0909. The highest BCUT2D eigenvalue weighted by atomic mass is 32.2. The maximum absolute atomic E-state index is 12.0. The molecular weight excluding hydrogens is 224 g/mol. The molecule has 0 spiro atoms. The molecule has 0 unspecified atom stereocenters. The number of aromatic nitrogens is 2. The highest BCUT2D eigenvalue weighted by molar-refractivity contribution is 7.91. The molecule has 0 radical (unpaired) electrons. The maximum Gasteiger partial charge on any atom is 0.251 e. The standard InChI is InChI=1S/C11H10N2O2S/c1-9-3-5-10(6-4-9)16(14,15)11-12-7-2-8-13-11/h2-8H,1H3. The molecule has 1 heterocycles. The number of hydrogen-bond donors (Lipinski definition) is 0. The van der Waals surface area contributed by atoms with E-state index in [2.05, 4.69) is 9.97 Å². The van der Waals surface area contributed by atoms with Crippen LogP contribution in [-0.4, -0.2) is 18.4 Å². The summed E-state index contributed by atoms with van der Waals surface area (Å²) in [7, 11) is -3.58. The minimum absolute atomic E-state index is 0.168. The predicted molar refractivity (Wildman–Crippen MR) is 58.7 cm³/mol. The first-order chi connectivity index (χ1) is 7.60. The maximum atomic E-state index is 12.0. The van der Waals surface area contributed by atoms with Crippen molar-refractivity contribution in [3.8, 4) is 0 Å². The van der Waals surface area contributed by atoms with E-state index in [-0.39, 0.29) is 10.1 Å². The van der Waals surface area contributed by atoms with Crippen LogP contribution in [0.5, 0.6) is 0 Å². The highest BCUT2D eigenvalue weighted by Gasteiger charge is 2.19. The fourth-order valence-electron chi connectivity index (χ4n) is 1.25. The van der Waals surface area contributed by atoms with Gasteiger partial charge in [0.15, 0.2) is 0 Å². The van der Waals surface area contributed by atoms with Crippen LogP contribution in [0.15, 0.2) is 52.8 Å². The van der Waals surface area contributed by atoms with Gasteiger partial charge in [-0.2, -0.15) is 0 Å². The Morgan fingerprint density at radius 3 is 2.12 bits per heavy atom. The number of rotatable bonds is 2. The second-order valence-corrected chi connectivity index (χ2v) is 5.19. The lowest BCUT2D eigenvalue weighted by Crippen LogP contribution is -2.06. The largest absolute Gasteiger partial charge is 0.251 e. The van der Waals surface area contributed by atoms with E-state index in [4.69, 9.17) is 0 Å². The molecule has 0 amide bonds. The van der Waals surface area contributed by atoms with Gasteiger partial charge >= 0.3 is 0 Å². The summed E-state index contributed by atoms with van der Waals surface area (Å²) in [6.45, 7) is 1.90. The minimum Gasteiger partial charge on any atom is -0.227 e. The van der Waals surface area contributed by atoms with Crippen LogP contribution in [0.3, 0.4) is 0 Å².